The van der Waals surface area contributed by atoms with E-state index in [1.165, 1.54) is 7.11 Å². The molecule has 1 aromatic carbocycles. The second-order valence-corrected chi connectivity index (χ2v) is 4.08. The summed E-state index contributed by atoms with van der Waals surface area (Å²) >= 11 is 0. The minimum Gasteiger partial charge on any atom is -0.494 e. The van der Waals surface area contributed by atoms with Crippen molar-refractivity contribution in [2.75, 3.05) is 7.11 Å². The van der Waals surface area contributed by atoms with Gasteiger partial charge in [-0.15, -0.1) is 0 Å². The summed E-state index contributed by atoms with van der Waals surface area (Å²) in [6.45, 7) is 1.88. The molecule has 0 amide bonds. The second-order valence-electron chi connectivity index (χ2n) is 4.08. The zero-order chi connectivity index (χ0) is 13.8. The summed E-state index contributed by atoms with van der Waals surface area (Å²) in [5, 5.41) is 0. The third-order valence-corrected chi connectivity index (χ3v) is 2.75. The molecule has 3 N–H and O–H groups in total. The van der Waals surface area contributed by atoms with Gasteiger partial charge in [-0.1, -0.05) is 12.1 Å². The molecule has 19 heavy (non-hydrogen) atoms. The van der Waals surface area contributed by atoms with E-state index in [0.717, 1.165) is 5.56 Å². The van der Waals surface area contributed by atoms with Crippen molar-refractivity contribution >= 4 is 0 Å². The summed E-state index contributed by atoms with van der Waals surface area (Å²) < 4.78 is 19.1. The monoisotopic (exact) mass is 262 g/mol. The molecule has 0 saturated carbocycles. The highest BCUT2D eigenvalue weighted by molar-refractivity contribution is 5.35. The summed E-state index contributed by atoms with van der Waals surface area (Å²) in [6.07, 6.45) is 3.31. The number of nitrogens with two attached hydrogens (primary N) is 1. The quantitative estimate of drug-likeness (QED) is 0.645. The van der Waals surface area contributed by atoms with E-state index in [1.54, 1.807) is 30.6 Å². The van der Waals surface area contributed by atoms with E-state index in [2.05, 4.69) is 15.4 Å². The summed E-state index contributed by atoms with van der Waals surface area (Å²) in [7, 11) is 1.41. The van der Waals surface area contributed by atoms with E-state index < -0.39 is 11.9 Å². The van der Waals surface area contributed by atoms with Gasteiger partial charge < -0.3 is 4.74 Å². The Bertz CT molecular complexity index is 559. The zero-order valence-corrected chi connectivity index (χ0v) is 10.7. The third kappa shape index (κ3) is 2.69. The first-order valence-corrected chi connectivity index (χ1v) is 5.74. The van der Waals surface area contributed by atoms with Gasteiger partial charge in [0.2, 0.25) is 0 Å². The molecule has 1 heterocycles. The van der Waals surface area contributed by atoms with Crippen LogP contribution in [0, 0.1) is 12.7 Å². The van der Waals surface area contributed by atoms with Gasteiger partial charge in [0.25, 0.3) is 0 Å². The SMILES string of the molecule is COc1cccc(C(NN)c2ncc(C)cn2)c1F. The predicted octanol–water partition coefficient (Wildman–Crippen LogP) is 1.49. The highest BCUT2D eigenvalue weighted by atomic mass is 19.1. The van der Waals surface area contributed by atoms with Crippen molar-refractivity contribution in [2.24, 2.45) is 5.84 Å². The molecule has 1 atom stereocenters. The number of aryl methyl sites for hydroxylation is 1. The maximum atomic E-state index is 14.2. The van der Waals surface area contributed by atoms with Crippen LogP contribution >= 0.6 is 0 Å². The molecule has 2 rings (SSSR count). The molecular weight excluding hydrogens is 247 g/mol. The topological polar surface area (TPSA) is 73.1 Å². The van der Waals surface area contributed by atoms with Crippen LogP contribution in [-0.4, -0.2) is 17.1 Å². The van der Waals surface area contributed by atoms with Crippen molar-refractivity contribution in [3.05, 3.63) is 53.4 Å². The Morgan fingerprint density at radius 1 is 1.32 bits per heavy atom. The molecule has 100 valence electrons. The molecule has 0 bridgehead atoms. The van der Waals surface area contributed by atoms with E-state index in [0.29, 0.717) is 11.4 Å². The van der Waals surface area contributed by atoms with Crippen LogP contribution in [-0.2, 0) is 0 Å². The number of nitrogens with zero attached hydrogens (tertiary/aromatic N) is 2. The first-order chi connectivity index (χ1) is 9.17. The van der Waals surface area contributed by atoms with Crippen molar-refractivity contribution in [1.82, 2.24) is 15.4 Å². The van der Waals surface area contributed by atoms with Crippen LogP contribution in [0.5, 0.6) is 5.75 Å². The number of methoxy groups -OCH3 is 1. The molecule has 0 spiro atoms. The lowest BCUT2D eigenvalue weighted by molar-refractivity contribution is 0.381. The van der Waals surface area contributed by atoms with E-state index >= 15 is 0 Å². The van der Waals surface area contributed by atoms with Crippen molar-refractivity contribution in [3.63, 3.8) is 0 Å². The maximum Gasteiger partial charge on any atom is 0.170 e. The zero-order valence-electron chi connectivity index (χ0n) is 10.7. The Kier molecular flexibility index (Phi) is 4.03. The van der Waals surface area contributed by atoms with Gasteiger partial charge in [0.05, 0.1) is 7.11 Å². The van der Waals surface area contributed by atoms with Gasteiger partial charge in [-0.2, -0.15) is 0 Å². The number of halogens is 1. The number of benzene rings is 1. The lowest BCUT2D eigenvalue weighted by Crippen LogP contribution is -2.31. The normalized spacial score (nSPS) is 12.2. The van der Waals surface area contributed by atoms with Crippen LogP contribution in [0.2, 0.25) is 0 Å². The standard InChI is InChI=1S/C13H15FN4O/c1-8-6-16-13(17-7-8)12(18-15)9-4-3-5-10(19-2)11(9)14/h3-7,12,18H,15H2,1-2H3. The number of rotatable bonds is 4. The van der Waals surface area contributed by atoms with Gasteiger partial charge in [0.1, 0.15) is 6.04 Å². The number of hydrogen-bond donors (Lipinski definition) is 2. The van der Waals surface area contributed by atoms with E-state index in [9.17, 15) is 4.39 Å². The lowest BCUT2D eigenvalue weighted by atomic mass is 10.1. The van der Waals surface area contributed by atoms with Gasteiger partial charge in [-0.05, 0) is 18.6 Å². The molecule has 0 aliphatic carbocycles. The minimum absolute atomic E-state index is 0.157. The number of ether oxygens (including phenoxy) is 1. The molecule has 5 nitrogen and oxygen atoms in total. The maximum absolute atomic E-state index is 14.2. The molecule has 1 unspecified atom stereocenters. The average molecular weight is 262 g/mol. The molecule has 0 aliphatic rings. The first kappa shape index (κ1) is 13.4. The molecule has 0 radical (unpaired) electrons. The van der Waals surface area contributed by atoms with Crippen molar-refractivity contribution in [2.45, 2.75) is 13.0 Å². The second kappa shape index (κ2) is 5.73. The smallest absolute Gasteiger partial charge is 0.170 e. The third-order valence-electron chi connectivity index (χ3n) is 2.75. The van der Waals surface area contributed by atoms with Crippen LogP contribution in [0.1, 0.15) is 23.0 Å². The number of aromatic nitrogens is 2. The highest BCUT2D eigenvalue weighted by Crippen LogP contribution is 2.27. The molecule has 2 aromatic rings. The van der Waals surface area contributed by atoms with Crippen molar-refractivity contribution in [3.8, 4) is 5.75 Å². The highest BCUT2D eigenvalue weighted by Gasteiger charge is 2.21. The summed E-state index contributed by atoms with van der Waals surface area (Å²) in [4.78, 5) is 8.32. The minimum atomic E-state index is -0.629. The molecular formula is C13H15FN4O. The predicted molar refractivity (Wildman–Crippen MR) is 68.9 cm³/mol. The number of nitrogens with one attached hydrogen (secondary N) is 1. The van der Waals surface area contributed by atoms with Gasteiger partial charge in [-0.3, -0.25) is 5.84 Å². The number of hydrazine groups is 1. The summed E-state index contributed by atoms with van der Waals surface area (Å²) in [5.41, 5.74) is 3.79. The lowest BCUT2D eigenvalue weighted by Gasteiger charge is -2.16. The van der Waals surface area contributed by atoms with Crippen LogP contribution in [0.15, 0.2) is 30.6 Å². The van der Waals surface area contributed by atoms with Crippen LogP contribution in [0.3, 0.4) is 0 Å². The fraction of sp³-hybridized carbons (Fsp3) is 0.231. The number of hydrogen-bond acceptors (Lipinski definition) is 5. The molecule has 6 heteroatoms. The summed E-state index contributed by atoms with van der Waals surface area (Å²) in [6, 6.07) is 4.22. The Morgan fingerprint density at radius 2 is 2.00 bits per heavy atom. The van der Waals surface area contributed by atoms with E-state index in [1.807, 2.05) is 6.92 Å². The van der Waals surface area contributed by atoms with Gasteiger partial charge >= 0.3 is 0 Å². The Labute approximate surface area is 110 Å². The van der Waals surface area contributed by atoms with Crippen LogP contribution in [0.4, 0.5) is 4.39 Å². The Morgan fingerprint density at radius 3 is 2.58 bits per heavy atom. The Hall–Kier alpha value is -2.05. The van der Waals surface area contributed by atoms with Gasteiger partial charge in [0.15, 0.2) is 17.4 Å². The first-order valence-electron chi connectivity index (χ1n) is 5.74. The molecule has 0 fully saturated rings. The molecule has 0 aliphatic heterocycles. The molecule has 0 saturated heterocycles. The van der Waals surface area contributed by atoms with Crippen molar-refractivity contribution < 1.29 is 9.13 Å². The van der Waals surface area contributed by atoms with E-state index in [4.69, 9.17) is 10.6 Å². The fourth-order valence-corrected chi connectivity index (χ4v) is 1.76. The fourth-order valence-electron chi connectivity index (χ4n) is 1.76. The van der Waals surface area contributed by atoms with Crippen molar-refractivity contribution in [1.29, 1.82) is 0 Å². The largest absolute Gasteiger partial charge is 0.494 e. The summed E-state index contributed by atoms with van der Waals surface area (Å²) in [5.74, 6) is 5.58. The average Bonchev–Trinajstić information content (AvgIpc) is 2.43. The van der Waals surface area contributed by atoms with E-state index in [-0.39, 0.29) is 5.75 Å². The van der Waals surface area contributed by atoms with Crippen LogP contribution < -0.4 is 16.0 Å². The molecule has 1 aromatic heterocycles. The van der Waals surface area contributed by atoms with Gasteiger partial charge in [-0.25, -0.2) is 19.8 Å². The van der Waals surface area contributed by atoms with Gasteiger partial charge in [0, 0.05) is 18.0 Å². The Balaban J connectivity index is 2.45. The van der Waals surface area contributed by atoms with Crippen LogP contribution in [0.25, 0.3) is 0 Å².